The van der Waals surface area contributed by atoms with Crippen LogP contribution in [-0.4, -0.2) is 72.4 Å². The van der Waals surface area contributed by atoms with Crippen molar-refractivity contribution in [2.45, 2.75) is 77.2 Å². The average Bonchev–Trinajstić information content (AvgIpc) is 2.82. The molecule has 0 atom stereocenters. The number of aliphatic hydroxyl groups is 3. The number of phenolic OH excluding ortho intramolecular Hbond substituents is 1. The van der Waals surface area contributed by atoms with Crippen molar-refractivity contribution in [1.29, 1.82) is 0 Å². The van der Waals surface area contributed by atoms with Gasteiger partial charge in [-0.3, -0.25) is 4.18 Å². The van der Waals surface area contributed by atoms with Crippen LogP contribution in [0.15, 0.2) is 24.3 Å². The second-order valence-corrected chi connectivity index (χ2v) is 8.52. The molecule has 0 saturated heterocycles. The van der Waals surface area contributed by atoms with E-state index in [1.54, 1.807) is 0 Å². The molecule has 12 heteroatoms. The number of esters is 1. The average molecular weight is 533 g/mol. The summed E-state index contributed by atoms with van der Waals surface area (Å²) in [5.74, 6) is -0.261. The summed E-state index contributed by atoms with van der Waals surface area (Å²) >= 11 is 0. The van der Waals surface area contributed by atoms with Gasteiger partial charge in [-0.15, -0.1) is 0 Å². The van der Waals surface area contributed by atoms with Gasteiger partial charge in [0, 0.05) is 0 Å². The summed E-state index contributed by atoms with van der Waals surface area (Å²) in [6.45, 7) is 1.51. The molecule has 0 saturated carbocycles. The molecule has 0 aromatic heterocycles. The smallest absolute Gasteiger partial charge is 0.726 e. The van der Waals surface area contributed by atoms with Crippen LogP contribution in [-0.2, 0) is 19.3 Å². The van der Waals surface area contributed by atoms with Crippen molar-refractivity contribution in [2.24, 2.45) is 0 Å². The van der Waals surface area contributed by atoms with Crippen LogP contribution in [0.1, 0.15) is 81.5 Å². The van der Waals surface area contributed by atoms with E-state index in [1.165, 1.54) is 76.3 Å². The first-order valence-corrected chi connectivity index (χ1v) is 12.8. The normalized spacial score (nSPS) is 10.4. The molecule has 0 aliphatic heterocycles. The number of methoxy groups -OCH3 is 1. The minimum atomic E-state index is -4.48. The third kappa shape index (κ3) is 29.4. The summed E-state index contributed by atoms with van der Waals surface area (Å²) in [6, 6.07) is 5.88. The molecule has 1 aromatic rings. The van der Waals surface area contributed by atoms with E-state index in [-0.39, 0.29) is 55.1 Å². The zero-order valence-electron chi connectivity index (χ0n) is 21.2. The number of aromatic hydroxyl groups is 1. The van der Waals surface area contributed by atoms with Crippen molar-refractivity contribution in [2.75, 3.05) is 26.9 Å². The van der Waals surface area contributed by atoms with Crippen LogP contribution in [0.25, 0.3) is 0 Å². The van der Waals surface area contributed by atoms with Crippen LogP contribution in [0, 0.1) is 0 Å². The first kappa shape index (κ1) is 38.8. The predicted octanol–water partition coefficient (Wildman–Crippen LogP) is -0.101. The topological polar surface area (TPSA) is 174 Å². The molecule has 0 spiro atoms. The van der Waals surface area contributed by atoms with E-state index in [0.29, 0.717) is 12.0 Å². The van der Waals surface area contributed by atoms with Gasteiger partial charge in [-0.05, 0) is 30.7 Å². The van der Waals surface area contributed by atoms with Gasteiger partial charge in [-0.1, -0.05) is 64.7 Å². The molecular weight excluding hydrogens is 491 g/mol. The fourth-order valence-electron chi connectivity index (χ4n) is 2.52. The van der Waals surface area contributed by atoms with Crippen LogP contribution in [0.3, 0.4) is 0 Å². The van der Waals surface area contributed by atoms with Crippen molar-refractivity contribution in [3.63, 3.8) is 0 Å². The Kier molecular flexibility index (Phi) is 29.1. The minimum absolute atomic E-state index is 0. The van der Waals surface area contributed by atoms with Crippen LogP contribution >= 0.6 is 0 Å². The molecule has 0 bridgehead atoms. The molecule has 0 heterocycles. The Balaban J connectivity index is -0.000000486. The molecule has 0 amide bonds. The molecule has 4 N–H and O–H groups in total. The van der Waals surface area contributed by atoms with Crippen LogP contribution in [0.4, 0.5) is 0 Å². The molecule has 0 fully saturated rings. The van der Waals surface area contributed by atoms with Crippen LogP contribution in [0.5, 0.6) is 5.75 Å². The largest absolute Gasteiger partial charge is 1.00 e. The Morgan fingerprint density at radius 1 is 0.914 bits per heavy atom. The van der Waals surface area contributed by atoms with Gasteiger partial charge in [0.05, 0.1) is 32.5 Å². The third-order valence-electron chi connectivity index (χ3n) is 4.44. The number of hydrogen-bond acceptors (Lipinski definition) is 10. The van der Waals surface area contributed by atoms with Gasteiger partial charge in [0.15, 0.2) is 0 Å². The van der Waals surface area contributed by atoms with E-state index in [0.717, 1.165) is 12.8 Å². The Morgan fingerprint density at radius 2 is 1.34 bits per heavy atom. The molecule has 10 nitrogen and oxygen atoms in total. The van der Waals surface area contributed by atoms with Crippen molar-refractivity contribution >= 4 is 16.4 Å². The zero-order chi connectivity index (χ0) is 26.2. The molecule has 0 aliphatic rings. The Bertz CT molecular complexity index is 695. The molecule has 0 aliphatic carbocycles. The van der Waals surface area contributed by atoms with Crippen molar-refractivity contribution in [3.8, 4) is 5.75 Å². The molecule has 200 valence electrons. The van der Waals surface area contributed by atoms with Crippen LogP contribution < -0.4 is 29.6 Å². The standard InChI is InChI=1S/C12H26O4S.C8H8O3.C3H8O3.Na/c1-2-3-4-5-6-7-8-9-10-11-12-16-17(13,14)15;1-11-8(10)6-2-4-7(9)5-3-6;4-1-3(6)2-5;/h2-12H2,1H3,(H,13,14,15);2-5,9H,1H3;3-6H,1-2H2;/q;;;+1/p-1. The molecule has 0 unspecified atom stereocenters. The van der Waals surface area contributed by atoms with E-state index in [2.05, 4.69) is 15.8 Å². The summed E-state index contributed by atoms with van der Waals surface area (Å²) in [5.41, 5.74) is 0.435. The maximum atomic E-state index is 10.8. The minimum Gasteiger partial charge on any atom is -0.726 e. The Labute approximate surface area is 231 Å². The predicted molar refractivity (Wildman–Crippen MR) is 127 cm³/mol. The van der Waals surface area contributed by atoms with E-state index in [4.69, 9.17) is 20.4 Å². The summed E-state index contributed by atoms with van der Waals surface area (Å²) in [7, 11) is -3.17. The number of rotatable bonds is 15. The maximum absolute atomic E-state index is 10.8. The first-order valence-electron chi connectivity index (χ1n) is 11.5. The van der Waals surface area contributed by atoms with Gasteiger partial charge in [0.25, 0.3) is 0 Å². The molecule has 35 heavy (non-hydrogen) atoms. The number of phenols is 1. The van der Waals surface area contributed by atoms with Gasteiger partial charge in [0.2, 0.25) is 10.4 Å². The van der Waals surface area contributed by atoms with E-state index >= 15 is 0 Å². The van der Waals surface area contributed by atoms with E-state index in [9.17, 15) is 17.8 Å². The van der Waals surface area contributed by atoms with Crippen LogP contribution in [0.2, 0.25) is 0 Å². The number of ether oxygens (including phenoxy) is 1. The fourth-order valence-corrected chi connectivity index (χ4v) is 2.85. The van der Waals surface area contributed by atoms with Crippen molar-refractivity contribution < 1.29 is 76.7 Å². The molecule has 1 rings (SSSR count). The van der Waals surface area contributed by atoms with Gasteiger partial charge in [0.1, 0.15) is 11.9 Å². The number of carbonyl (C=O) groups excluding carboxylic acids is 1. The van der Waals surface area contributed by atoms with Gasteiger partial charge in [-0.2, -0.15) is 0 Å². The Hall–Kier alpha value is -0.760. The summed E-state index contributed by atoms with van der Waals surface area (Å²) < 4.78 is 38.9. The van der Waals surface area contributed by atoms with E-state index < -0.39 is 22.5 Å². The molecule has 1 aromatic carbocycles. The van der Waals surface area contributed by atoms with Gasteiger partial charge >= 0.3 is 35.5 Å². The first-order chi connectivity index (χ1) is 16.1. The summed E-state index contributed by atoms with van der Waals surface area (Å²) in [6.07, 6.45) is 10.7. The quantitative estimate of drug-likeness (QED) is 0.0785. The molecular formula is C23H41NaO10S. The maximum Gasteiger partial charge on any atom is 1.00 e. The van der Waals surface area contributed by atoms with Crippen molar-refractivity contribution in [1.82, 2.24) is 0 Å². The number of hydrogen-bond donors (Lipinski definition) is 4. The van der Waals surface area contributed by atoms with E-state index in [1.807, 2.05) is 0 Å². The number of benzene rings is 1. The third-order valence-corrected chi connectivity index (χ3v) is 4.89. The number of unbranched alkanes of at least 4 members (excludes halogenated alkanes) is 9. The Morgan fingerprint density at radius 3 is 1.69 bits per heavy atom. The number of aliphatic hydroxyl groups excluding tert-OH is 3. The van der Waals surface area contributed by atoms with Crippen molar-refractivity contribution in [3.05, 3.63) is 29.8 Å². The molecule has 0 radical (unpaired) electrons. The van der Waals surface area contributed by atoms with Gasteiger partial charge in [-0.25, -0.2) is 13.2 Å². The second kappa shape index (κ2) is 26.3. The monoisotopic (exact) mass is 532 g/mol. The number of carbonyl (C=O) groups is 1. The SMILES string of the molecule is CCCCCCCCCCCCOS(=O)(=O)[O-].COC(=O)c1ccc(O)cc1.OCC(O)CO.[Na+]. The van der Waals surface area contributed by atoms with Gasteiger partial charge < -0.3 is 29.7 Å². The zero-order valence-corrected chi connectivity index (χ0v) is 24.0. The summed E-state index contributed by atoms with van der Waals surface area (Å²) in [5, 5.41) is 32.9. The summed E-state index contributed by atoms with van der Waals surface area (Å²) in [4.78, 5) is 10.8. The fraction of sp³-hybridized carbons (Fsp3) is 0.696. The second-order valence-electron chi connectivity index (χ2n) is 7.47.